The minimum Gasteiger partial charge on any atom is -0.200 e. The number of hydrogen-bond donors (Lipinski definition) is 0. The molecule has 6 heteroatoms. The van der Waals surface area contributed by atoms with Crippen molar-refractivity contribution in [2.75, 3.05) is 0 Å². The number of alkyl halides is 5. The molecule has 0 rings (SSSR count). The van der Waals surface area contributed by atoms with E-state index in [1.807, 2.05) is 0 Å². The topological polar surface area (TPSA) is 0 Å². The lowest BCUT2D eigenvalue weighted by atomic mass is 10.7. The van der Waals surface area contributed by atoms with E-state index >= 15 is 0 Å². The predicted octanol–water partition coefficient (Wildman–Crippen LogP) is 2.24. The van der Waals surface area contributed by atoms with E-state index in [1.165, 1.54) is 0 Å². The molecule has 0 spiro atoms. The van der Waals surface area contributed by atoms with Gasteiger partial charge in [-0.15, -0.1) is 12.4 Å². The molecule has 0 fully saturated rings. The van der Waals surface area contributed by atoms with Gasteiger partial charge in [0, 0.05) is 0 Å². The van der Waals surface area contributed by atoms with Gasteiger partial charge in [-0.3, -0.25) is 0 Å². The third kappa shape index (κ3) is 4.11. The second kappa shape index (κ2) is 3.06. The molecular formula is C2H2ClF5. The number of hydrogen-bond acceptors (Lipinski definition) is 0. The third-order valence-electron chi connectivity index (χ3n) is 0.247. The van der Waals surface area contributed by atoms with Gasteiger partial charge in [-0.05, 0) is 0 Å². The quantitative estimate of drug-likeness (QED) is 0.472. The smallest absolute Gasteiger partial charge is 0.200 e. The first-order valence-electron chi connectivity index (χ1n) is 1.29. The van der Waals surface area contributed by atoms with E-state index in [-0.39, 0.29) is 12.4 Å². The average molecular weight is 156 g/mol. The van der Waals surface area contributed by atoms with Crippen LogP contribution in [0.25, 0.3) is 0 Å². The van der Waals surface area contributed by atoms with E-state index in [4.69, 9.17) is 0 Å². The normalized spacial score (nSPS) is 11.2. The van der Waals surface area contributed by atoms with Crippen molar-refractivity contribution in [3.05, 3.63) is 0 Å². The van der Waals surface area contributed by atoms with Crippen molar-refractivity contribution < 1.29 is 22.0 Å². The van der Waals surface area contributed by atoms with E-state index in [0.717, 1.165) is 0 Å². The molecule has 0 bridgehead atoms. The van der Waals surface area contributed by atoms with Gasteiger partial charge in [0.2, 0.25) is 0 Å². The van der Waals surface area contributed by atoms with Crippen molar-refractivity contribution in [1.29, 1.82) is 0 Å². The predicted molar refractivity (Wildman–Crippen MR) is 19.3 cm³/mol. The minimum atomic E-state index is -5.33. The highest BCUT2D eigenvalue weighted by Gasteiger charge is 2.40. The minimum absolute atomic E-state index is 0. The summed E-state index contributed by atoms with van der Waals surface area (Å²) in [5.41, 5.74) is 0. The maximum atomic E-state index is 10.4. The van der Waals surface area contributed by atoms with Crippen molar-refractivity contribution in [3.63, 3.8) is 0 Å². The summed E-state index contributed by atoms with van der Waals surface area (Å²) in [6.45, 7) is 0. The van der Waals surface area contributed by atoms with Gasteiger partial charge in [0.15, 0.2) is 0 Å². The lowest BCUT2D eigenvalue weighted by molar-refractivity contribution is -0.219. The van der Waals surface area contributed by atoms with Gasteiger partial charge in [0.05, 0.1) is 0 Å². The molecule has 0 atom stereocenters. The van der Waals surface area contributed by atoms with Crippen molar-refractivity contribution in [2.45, 2.75) is 12.6 Å². The van der Waals surface area contributed by atoms with Gasteiger partial charge >= 0.3 is 12.6 Å². The van der Waals surface area contributed by atoms with Crippen LogP contribution in [0.1, 0.15) is 0 Å². The standard InChI is InChI=1S/C2HF5.ClH/c3-1(4)2(5,6)7;/h1H;1H. The fourth-order valence-electron chi connectivity index (χ4n) is 0. The van der Waals surface area contributed by atoms with Crippen LogP contribution in [0, 0.1) is 0 Å². The van der Waals surface area contributed by atoms with Crippen LogP contribution in [0.5, 0.6) is 0 Å². The van der Waals surface area contributed by atoms with Crippen LogP contribution >= 0.6 is 12.4 Å². The van der Waals surface area contributed by atoms with E-state index in [1.54, 1.807) is 0 Å². The summed E-state index contributed by atoms with van der Waals surface area (Å²) in [6, 6.07) is 0. The number of rotatable bonds is 0. The second-order valence-corrected chi connectivity index (χ2v) is 0.842. The Bertz CT molecular complexity index is 55.9. The molecule has 0 aromatic carbocycles. The fraction of sp³-hybridized carbons (Fsp3) is 1.00. The number of halogens is 6. The van der Waals surface area contributed by atoms with Crippen molar-refractivity contribution in [3.8, 4) is 0 Å². The molecule has 0 aliphatic carbocycles. The van der Waals surface area contributed by atoms with E-state index in [0.29, 0.717) is 0 Å². The molecule has 0 aliphatic rings. The summed E-state index contributed by atoms with van der Waals surface area (Å²) in [5.74, 6) is 0. The zero-order valence-corrected chi connectivity index (χ0v) is 4.19. The maximum Gasteiger partial charge on any atom is 0.450 e. The second-order valence-electron chi connectivity index (χ2n) is 0.842. The molecule has 0 aliphatic heterocycles. The Morgan fingerprint density at radius 1 is 1.00 bits per heavy atom. The molecule has 52 valence electrons. The van der Waals surface area contributed by atoms with Gasteiger partial charge in [0.25, 0.3) is 0 Å². The Morgan fingerprint density at radius 2 is 1.12 bits per heavy atom. The summed E-state index contributed by atoms with van der Waals surface area (Å²) >= 11 is 0. The molecule has 0 saturated carbocycles. The Labute approximate surface area is 48.1 Å². The Balaban J connectivity index is 0. The Kier molecular flexibility index (Phi) is 4.15. The molecule has 0 radical (unpaired) electrons. The van der Waals surface area contributed by atoms with Crippen LogP contribution in [0.2, 0.25) is 0 Å². The molecule has 0 heterocycles. The molecule has 0 N–H and O–H groups in total. The average Bonchev–Trinajstić information content (AvgIpc) is 1.31. The summed E-state index contributed by atoms with van der Waals surface area (Å²) in [4.78, 5) is 0. The van der Waals surface area contributed by atoms with Crippen LogP contribution in [-0.4, -0.2) is 12.6 Å². The highest BCUT2D eigenvalue weighted by molar-refractivity contribution is 5.85. The summed E-state index contributed by atoms with van der Waals surface area (Å²) in [7, 11) is 0. The van der Waals surface area contributed by atoms with Crippen molar-refractivity contribution >= 4 is 12.4 Å². The molecular weight excluding hydrogens is 154 g/mol. The van der Waals surface area contributed by atoms with Crippen LogP contribution in [0.3, 0.4) is 0 Å². The van der Waals surface area contributed by atoms with Gasteiger partial charge in [-0.2, -0.15) is 13.2 Å². The first-order valence-corrected chi connectivity index (χ1v) is 1.29. The Morgan fingerprint density at radius 3 is 1.12 bits per heavy atom. The van der Waals surface area contributed by atoms with Crippen LogP contribution in [-0.2, 0) is 0 Å². The van der Waals surface area contributed by atoms with Crippen LogP contribution in [0.4, 0.5) is 22.0 Å². The molecule has 0 amide bonds. The summed E-state index contributed by atoms with van der Waals surface area (Å²) < 4.78 is 52.1. The van der Waals surface area contributed by atoms with Gasteiger partial charge in [-0.25, -0.2) is 8.78 Å². The SMILES string of the molecule is Cl.FC(F)C(F)(F)F. The van der Waals surface area contributed by atoms with Crippen LogP contribution in [0.15, 0.2) is 0 Å². The van der Waals surface area contributed by atoms with Crippen LogP contribution < -0.4 is 0 Å². The first kappa shape index (κ1) is 10.8. The zero-order chi connectivity index (χ0) is 6.08. The maximum absolute atomic E-state index is 10.4. The highest BCUT2D eigenvalue weighted by atomic mass is 35.5. The first-order chi connectivity index (χ1) is 2.94. The van der Waals surface area contributed by atoms with E-state index in [9.17, 15) is 22.0 Å². The van der Waals surface area contributed by atoms with Crippen molar-refractivity contribution in [1.82, 2.24) is 0 Å². The Hall–Kier alpha value is -0.0600. The summed E-state index contributed by atoms with van der Waals surface area (Å²) in [5, 5.41) is 0. The van der Waals surface area contributed by atoms with Gasteiger partial charge in [0.1, 0.15) is 0 Å². The summed E-state index contributed by atoms with van der Waals surface area (Å²) in [6.07, 6.45) is -9.53. The fourth-order valence-corrected chi connectivity index (χ4v) is 0. The molecule has 0 aromatic rings. The lowest BCUT2D eigenvalue weighted by Crippen LogP contribution is -2.18. The molecule has 0 aromatic heterocycles. The zero-order valence-electron chi connectivity index (χ0n) is 3.38. The highest BCUT2D eigenvalue weighted by Crippen LogP contribution is 2.22. The largest absolute Gasteiger partial charge is 0.450 e. The third-order valence-corrected chi connectivity index (χ3v) is 0.247. The lowest BCUT2D eigenvalue weighted by Gasteiger charge is -2.00. The van der Waals surface area contributed by atoms with Gasteiger partial charge in [-0.1, -0.05) is 0 Å². The van der Waals surface area contributed by atoms with Gasteiger partial charge < -0.3 is 0 Å². The van der Waals surface area contributed by atoms with Crippen molar-refractivity contribution in [2.24, 2.45) is 0 Å². The molecule has 0 nitrogen and oxygen atoms in total. The monoisotopic (exact) mass is 156 g/mol. The van der Waals surface area contributed by atoms with E-state index in [2.05, 4.69) is 0 Å². The molecule has 0 saturated heterocycles. The van der Waals surface area contributed by atoms with E-state index < -0.39 is 12.6 Å². The molecule has 8 heavy (non-hydrogen) atoms. The molecule has 0 unspecified atom stereocenters.